The van der Waals surface area contributed by atoms with Crippen molar-refractivity contribution in [3.05, 3.63) is 64.1 Å². The van der Waals surface area contributed by atoms with Crippen LogP contribution in [0.1, 0.15) is 27.1 Å². The zero-order valence-corrected chi connectivity index (χ0v) is 15.3. The van der Waals surface area contributed by atoms with Gasteiger partial charge in [0.2, 0.25) is 5.91 Å². The SMILES string of the molecule is O=C(N[C@H]1C[C@H]2C(=O)Nc3ccc(Br)cc3C(=O)N2C1)c1ccccc1. The molecule has 2 aromatic carbocycles. The van der Waals surface area contributed by atoms with E-state index in [1.54, 1.807) is 47.4 Å². The van der Waals surface area contributed by atoms with Crippen molar-refractivity contribution in [2.24, 2.45) is 0 Å². The van der Waals surface area contributed by atoms with Gasteiger partial charge in [-0.2, -0.15) is 0 Å². The number of carbonyl (C=O) groups excluding carboxylic acids is 3. The molecular weight excluding hydrogens is 398 g/mol. The number of nitrogens with zero attached hydrogens (tertiary/aromatic N) is 1. The molecule has 2 aromatic rings. The van der Waals surface area contributed by atoms with Crippen LogP contribution in [0, 0.1) is 0 Å². The van der Waals surface area contributed by atoms with Crippen molar-refractivity contribution < 1.29 is 14.4 Å². The van der Waals surface area contributed by atoms with Crippen molar-refractivity contribution in [1.29, 1.82) is 0 Å². The highest BCUT2D eigenvalue weighted by Gasteiger charge is 2.43. The van der Waals surface area contributed by atoms with Crippen molar-refractivity contribution in [1.82, 2.24) is 10.2 Å². The second-order valence-electron chi connectivity index (χ2n) is 6.42. The standard InChI is InChI=1S/C19H16BrN3O3/c20-12-6-7-15-14(8-12)19(26)23-10-13(9-16(23)18(25)22-15)21-17(24)11-4-2-1-3-5-11/h1-8,13,16H,9-10H2,(H,21,24)(H,22,25)/t13-,16-/m0/s1. The van der Waals surface area contributed by atoms with E-state index in [9.17, 15) is 14.4 Å². The van der Waals surface area contributed by atoms with Gasteiger partial charge in [-0.25, -0.2) is 0 Å². The van der Waals surface area contributed by atoms with Gasteiger partial charge in [0.05, 0.1) is 11.3 Å². The Morgan fingerprint density at radius 1 is 1.15 bits per heavy atom. The van der Waals surface area contributed by atoms with Crippen LogP contribution >= 0.6 is 15.9 Å². The minimum Gasteiger partial charge on any atom is -0.347 e. The van der Waals surface area contributed by atoms with Crippen molar-refractivity contribution >= 4 is 39.3 Å². The molecule has 2 atom stereocenters. The van der Waals surface area contributed by atoms with Crippen LogP contribution in [0.25, 0.3) is 0 Å². The van der Waals surface area contributed by atoms with Gasteiger partial charge in [0.1, 0.15) is 6.04 Å². The number of benzene rings is 2. The highest BCUT2D eigenvalue weighted by Crippen LogP contribution is 2.30. The van der Waals surface area contributed by atoms with Gasteiger partial charge in [-0.1, -0.05) is 34.1 Å². The smallest absolute Gasteiger partial charge is 0.256 e. The Morgan fingerprint density at radius 2 is 1.92 bits per heavy atom. The highest BCUT2D eigenvalue weighted by atomic mass is 79.9. The molecule has 0 bridgehead atoms. The number of anilines is 1. The minimum atomic E-state index is -0.588. The van der Waals surface area contributed by atoms with Crippen LogP contribution in [-0.4, -0.2) is 41.2 Å². The summed E-state index contributed by atoms with van der Waals surface area (Å²) in [6.45, 7) is 0.307. The molecule has 0 aliphatic carbocycles. The molecule has 4 rings (SSSR count). The topological polar surface area (TPSA) is 78.5 Å². The van der Waals surface area contributed by atoms with Crippen molar-refractivity contribution in [2.75, 3.05) is 11.9 Å². The van der Waals surface area contributed by atoms with Crippen LogP contribution < -0.4 is 10.6 Å². The molecule has 0 saturated carbocycles. The number of amides is 3. The number of fused-ring (bicyclic) bond motifs is 2. The first-order valence-electron chi connectivity index (χ1n) is 8.30. The molecular formula is C19H16BrN3O3. The average molecular weight is 414 g/mol. The quantitative estimate of drug-likeness (QED) is 0.793. The molecule has 2 aliphatic heterocycles. The normalized spacial score (nSPS) is 21.5. The summed E-state index contributed by atoms with van der Waals surface area (Å²) in [4.78, 5) is 39.4. The monoisotopic (exact) mass is 413 g/mol. The molecule has 2 aliphatic rings. The molecule has 1 saturated heterocycles. The number of nitrogens with one attached hydrogen (secondary N) is 2. The number of hydrogen-bond acceptors (Lipinski definition) is 3. The van der Waals surface area contributed by atoms with Gasteiger partial charge in [-0.3, -0.25) is 14.4 Å². The third-order valence-corrected chi connectivity index (χ3v) is 5.20. The third-order valence-electron chi connectivity index (χ3n) is 4.71. The lowest BCUT2D eigenvalue weighted by Crippen LogP contribution is -2.41. The van der Waals surface area contributed by atoms with Crippen LogP contribution in [0.5, 0.6) is 0 Å². The molecule has 0 radical (unpaired) electrons. The van der Waals surface area contributed by atoms with Crippen LogP contribution in [0.3, 0.4) is 0 Å². The molecule has 132 valence electrons. The van der Waals surface area contributed by atoms with Crippen molar-refractivity contribution in [3.63, 3.8) is 0 Å². The van der Waals surface area contributed by atoms with Gasteiger partial charge < -0.3 is 15.5 Å². The predicted molar refractivity (Wildman–Crippen MR) is 99.9 cm³/mol. The summed E-state index contributed by atoms with van der Waals surface area (Å²) in [6, 6.07) is 13.2. The minimum absolute atomic E-state index is 0.204. The Balaban J connectivity index is 1.55. The predicted octanol–water partition coefficient (Wildman–Crippen LogP) is 2.41. The zero-order valence-electron chi connectivity index (χ0n) is 13.7. The summed E-state index contributed by atoms with van der Waals surface area (Å²) < 4.78 is 0.769. The van der Waals surface area contributed by atoms with Gasteiger partial charge in [-0.15, -0.1) is 0 Å². The van der Waals surface area contributed by atoms with Crippen LogP contribution in [0.4, 0.5) is 5.69 Å². The lowest BCUT2D eigenvalue weighted by Gasteiger charge is -2.20. The van der Waals surface area contributed by atoms with E-state index in [1.807, 2.05) is 6.07 Å². The molecule has 2 heterocycles. The molecule has 2 N–H and O–H groups in total. The summed E-state index contributed by atoms with van der Waals surface area (Å²) in [6.07, 6.45) is 0.394. The molecule has 0 aromatic heterocycles. The Kier molecular flexibility index (Phi) is 4.24. The van der Waals surface area contributed by atoms with E-state index in [-0.39, 0.29) is 23.8 Å². The highest BCUT2D eigenvalue weighted by molar-refractivity contribution is 9.10. The van der Waals surface area contributed by atoms with E-state index in [0.29, 0.717) is 29.8 Å². The van der Waals surface area contributed by atoms with Crippen LogP contribution in [-0.2, 0) is 4.79 Å². The summed E-state index contributed by atoms with van der Waals surface area (Å²) in [5.41, 5.74) is 1.52. The summed E-state index contributed by atoms with van der Waals surface area (Å²) in [5, 5.41) is 5.75. The molecule has 1 fully saturated rings. The van der Waals surface area contributed by atoms with Crippen molar-refractivity contribution in [3.8, 4) is 0 Å². The van der Waals surface area contributed by atoms with Gasteiger partial charge in [-0.05, 0) is 36.8 Å². The van der Waals surface area contributed by atoms with E-state index < -0.39 is 6.04 Å². The maximum Gasteiger partial charge on any atom is 0.256 e. The molecule has 26 heavy (non-hydrogen) atoms. The summed E-state index contributed by atoms with van der Waals surface area (Å²) in [7, 11) is 0. The van der Waals surface area contributed by atoms with E-state index in [4.69, 9.17) is 0 Å². The Morgan fingerprint density at radius 3 is 2.69 bits per heavy atom. The maximum atomic E-state index is 12.9. The number of rotatable bonds is 2. The van der Waals surface area contributed by atoms with Gasteiger partial charge >= 0.3 is 0 Å². The Labute approximate surface area is 158 Å². The third kappa shape index (κ3) is 2.99. The van der Waals surface area contributed by atoms with Crippen LogP contribution in [0.15, 0.2) is 53.0 Å². The summed E-state index contributed by atoms with van der Waals surface area (Å²) >= 11 is 3.36. The fourth-order valence-electron chi connectivity index (χ4n) is 3.44. The van der Waals surface area contributed by atoms with Gasteiger partial charge in [0.25, 0.3) is 11.8 Å². The molecule has 0 unspecified atom stereocenters. The molecule has 0 spiro atoms. The number of carbonyl (C=O) groups is 3. The van der Waals surface area contributed by atoms with E-state index in [2.05, 4.69) is 26.6 Å². The molecule has 3 amide bonds. The maximum absolute atomic E-state index is 12.9. The first-order chi connectivity index (χ1) is 12.5. The molecule has 7 heteroatoms. The Bertz CT molecular complexity index is 900. The average Bonchev–Trinajstić information content (AvgIpc) is 3.03. The zero-order chi connectivity index (χ0) is 18.3. The largest absolute Gasteiger partial charge is 0.347 e. The fourth-order valence-corrected chi connectivity index (χ4v) is 3.81. The number of halogens is 1. The first-order valence-corrected chi connectivity index (χ1v) is 9.09. The van der Waals surface area contributed by atoms with E-state index in [0.717, 1.165) is 4.47 Å². The Hall–Kier alpha value is -2.67. The second kappa shape index (κ2) is 6.57. The van der Waals surface area contributed by atoms with E-state index >= 15 is 0 Å². The first kappa shape index (κ1) is 16.8. The van der Waals surface area contributed by atoms with Crippen molar-refractivity contribution in [2.45, 2.75) is 18.5 Å². The lowest BCUT2D eigenvalue weighted by atomic mass is 10.1. The summed E-state index contributed by atoms with van der Waals surface area (Å²) in [5.74, 6) is -0.638. The second-order valence-corrected chi connectivity index (χ2v) is 7.34. The van der Waals surface area contributed by atoms with Gasteiger partial charge in [0, 0.05) is 22.6 Å². The number of hydrogen-bond donors (Lipinski definition) is 2. The fraction of sp³-hybridized carbons (Fsp3) is 0.211. The lowest BCUT2D eigenvalue weighted by molar-refractivity contribution is -0.119. The molecule has 6 nitrogen and oxygen atoms in total. The van der Waals surface area contributed by atoms with Gasteiger partial charge in [0.15, 0.2) is 0 Å². The van der Waals surface area contributed by atoms with Crippen LogP contribution in [0.2, 0.25) is 0 Å². The van der Waals surface area contributed by atoms with E-state index in [1.165, 1.54) is 0 Å².